The summed E-state index contributed by atoms with van der Waals surface area (Å²) in [7, 11) is 0. The van der Waals surface area contributed by atoms with Gasteiger partial charge in [-0.1, -0.05) is 5.21 Å². The molecule has 0 amide bonds. The normalized spacial score (nSPS) is 10.2. The Labute approximate surface area is 73.9 Å². The lowest BCUT2D eigenvalue weighted by Gasteiger charge is -1.98. The Morgan fingerprint density at radius 2 is 2.31 bits per heavy atom. The molecular weight excluding hydrogens is 170 g/mol. The van der Waals surface area contributed by atoms with E-state index in [1.165, 1.54) is 10.9 Å². The van der Waals surface area contributed by atoms with Gasteiger partial charge in [-0.05, 0) is 6.07 Å². The van der Waals surface area contributed by atoms with Crippen LogP contribution in [-0.2, 0) is 6.61 Å². The van der Waals surface area contributed by atoms with E-state index in [2.05, 4.69) is 20.3 Å². The van der Waals surface area contributed by atoms with Crippen molar-refractivity contribution in [3.8, 4) is 5.95 Å². The van der Waals surface area contributed by atoms with Crippen LogP contribution >= 0.6 is 0 Å². The minimum Gasteiger partial charge on any atom is -0.390 e. The fourth-order valence-electron chi connectivity index (χ4n) is 0.898. The summed E-state index contributed by atoms with van der Waals surface area (Å²) in [6.07, 6.45) is 4.74. The Morgan fingerprint density at radius 3 is 3.00 bits per heavy atom. The van der Waals surface area contributed by atoms with E-state index in [4.69, 9.17) is 5.11 Å². The van der Waals surface area contributed by atoms with Crippen molar-refractivity contribution in [2.45, 2.75) is 6.61 Å². The molecule has 0 saturated heterocycles. The summed E-state index contributed by atoms with van der Waals surface area (Å²) in [5, 5.41) is 16.2. The molecule has 0 bridgehead atoms. The first kappa shape index (κ1) is 7.81. The second-order valence-electron chi connectivity index (χ2n) is 2.35. The van der Waals surface area contributed by atoms with Crippen molar-refractivity contribution in [1.82, 2.24) is 25.0 Å². The number of rotatable bonds is 2. The van der Waals surface area contributed by atoms with E-state index in [-0.39, 0.29) is 6.61 Å². The molecule has 0 fully saturated rings. The van der Waals surface area contributed by atoms with Crippen LogP contribution in [0.3, 0.4) is 0 Å². The highest BCUT2D eigenvalue weighted by molar-refractivity contribution is 5.11. The van der Waals surface area contributed by atoms with Crippen molar-refractivity contribution < 1.29 is 5.11 Å². The van der Waals surface area contributed by atoms with Crippen molar-refractivity contribution in [2.75, 3.05) is 0 Å². The first-order valence-corrected chi connectivity index (χ1v) is 3.69. The van der Waals surface area contributed by atoms with Gasteiger partial charge in [0.15, 0.2) is 0 Å². The lowest BCUT2D eigenvalue weighted by atomic mass is 10.4. The third-order valence-electron chi connectivity index (χ3n) is 1.49. The molecule has 0 aromatic carbocycles. The van der Waals surface area contributed by atoms with Gasteiger partial charge in [0.05, 0.1) is 24.7 Å². The Hall–Kier alpha value is -1.82. The second kappa shape index (κ2) is 3.28. The molecule has 6 nitrogen and oxygen atoms in total. The zero-order valence-corrected chi connectivity index (χ0v) is 6.70. The molecule has 2 aromatic rings. The van der Waals surface area contributed by atoms with Gasteiger partial charge < -0.3 is 5.11 Å². The molecule has 2 aromatic heterocycles. The zero-order chi connectivity index (χ0) is 9.10. The Kier molecular flexibility index (Phi) is 1.97. The molecule has 0 saturated carbocycles. The highest BCUT2D eigenvalue weighted by Gasteiger charge is 2.00. The summed E-state index contributed by atoms with van der Waals surface area (Å²) < 4.78 is 1.43. The standard InChI is InChI=1S/C7H7N5O/c13-5-6-1-2-8-7(10-6)12-4-3-9-11-12/h1-4,13H,5H2. The third-order valence-corrected chi connectivity index (χ3v) is 1.49. The van der Waals surface area contributed by atoms with Crippen LogP contribution in [-0.4, -0.2) is 30.1 Å². The predicted octanol–water partition coefficient (Wildman–Crippen LogP) is -0.450. The summed E-state index contributed by atoms with van der Waals surface area (Å²) in [5.41, 5.74) is 0.556. The summed E-state index contributed by atoms with van der Waals surface area (Å²) in [6.45, 7) is -0.107. The Bertz CT molecular complexity index is 386. The average molecular weight is 177 g/mol. The average Bonchev–Trinajstić information content (AvgIpc) is 2.71. The largest absolute Gasteiger partial charge is 0.390 e. The molecule has 0 aliphatic rings. The molecule has 13 heavy (non-hydrogen) atoms. The van der Waals surface area contributed by atoms with Crippen LogP contribution < -0.4 is 0 Å². The van der Waals surface area contributed by atoms with E-state index in [1.54, 1.807) is 18.5 Å². The van der Waals surface area contributed by atoms with Gasteiger partial charge in [0, 0.05) is 6.20 Å². The van der Waals surface area contributed by atoms with Gasteiger partial charge in [-0.2, -0.15) is 4.68 Å². The van der Waals surface area contributed by atoms with E-state index >= 15 is 0 Å². The molecule has 2 rings (SSSR count). The van der Waals surface area contributed by atoms with Gasteiger partial charge in [-0.15, -0.1) is 5.10 Å². The van der Waals surface area contributed by atoms with Gasteiger partial charge in [-0.25, -0.2) is 9.97 Å². The van der Waals surface area contributed by atoms with Crippen LogP contribution in [0.1, 0.15) is 5.69 Å². The lowest BCUT2D eigenvalue weighted by Crippen LogP contribution is -2.03. The number of hydrogen-bond donors (Lipinski definition) is 1. The van der Waals surface area contributed by atoms with Crippen LogP contribution in [0.2, 0.25) is 0 Å². The first-order chi connectivity index (χ1) is 6.40. The van der Waals surface area contributed by atoms with Crippen molar-refractivity contribution in [2.24, 2.45) is 0 Å². The summed E-state index contributed by atoms with van der Waals surface area (Å²) >= 11 is 0. The molecule has 6 heteroatoms. The van der Waals surface area contributed by atoms with E-state index in [0.29, 0.717) is 11.6 Å². The van der Waals surface area contributed by atoms with Gasteiger partial charge >= 0.3 is 0 Å². The number of nitrogens with zero attached hydrogens (tertiary/aromatic N) is 5. The van der Waals surface area contributed by atoms with Crippen molar-refractivity contribution in [1.29, 1.82) is 0 Å². The highest BCUT2D eigenvalue weighted by Crippen LogP contribution is 1.98. The first-order valence-electron chi connectivity index (χ1n) is 3.69. The van der Waals surface area contributed by atoms with E-state index in [0.717, 1.165) is 0 Å². The lowest BCUT2D eigenvalue weighted by molar-refractivity contribution is 0.276. The summed E-state index contributed by atoms with van der Waals surface area (Å²) in [6, 6.07) is 1.64. The van der Waals surface area contributed by atoms with Crippen LogP contribution in [0.15, 0.2) is 24.7 Å². The van der Waals surface area contributed by atoms with Gasteiger partial charge in [-0.3, -0.25) is 0 Å². The van der Waals surface area contributed by atoms with E-state index < -0.39 is 0 Å². The molecule has 0 aliphatic carbocycles. The van der Waals surface area contributed by atoms with Crippen LogP contribution in [0, 0.1) is 0 Å². The third kappa shape index (κ3) is 1.52. The smallest absolute Gasteiger partial charge is 0.252 e. The van der Waals surface area contributed by atoms with Crippen molar-refractivity contribution in [3.63, 3.8) is 0 Å². The van der Waals surface area contributed by atoms with Crippen molar-refractivity contribution in [3.05, 3.63) is 30.4 Å². The maximum Gasteiger partial charge on any atom is 0.252 e. The van der Waals surface area contributed by atoms with E-state index in [1.807, 2.05) is 0 Å². The van der Waals surface area contributed by atoms with E-state index in [9.17, 15) is 0 Å². The molecule has 0 radical (unpaired) electrons. The van der Waals surface area contributed by atoms with Crippen LogP contribution in [0.4, 0.5) is 0 Å². The topological polar surface area (TPSA) is 76.7 Å². The van der Waals surface area contributed by atoms with Gasteiger partial charge in [0.1, 0.15) is 0 Å². The monoisotopic (exact) mass is 177 g/mol. The predicted molar refractivity (Wildman–Crippen MR) is 42.9 cm³/mol. The number of aliphatic hydroxyl groups excluding tert-OH is 1. The Balaban J connectivity index is 2.41. The quantitative estimate of drug-likeness (QED) is 0.672. The fraction of sp³-hybridized carbons (Fsp3) is 0.143. The number of hydrogen-bond acceptors (Lipinski definition) is 5. The molecule has 0 aliphatic heterocycles. The maximum absolute atomic E-state index is 8.82. The molecule has 1 N–H and O–H groups in total. The van der Waals surface area contributed by atoms with Crippen molar-refractivity contribution >= 4 is 0 Å². The minimum absolute atomic E-state index is 0.107. The maximum atomic E-state index is 8.82. The molecule has 66 valence electrons. The fourth-order valence-corrected chi connectivity index (χ4v) is 0.898. The number of aromatic nitrogens is 5. The SMILES string of the molecule is OCc1ccnc(-n2ccnn2)n1. The minimum atomic E-state index is -0.107. The van der Waals surface area contributed by atoms with Crippen LogP contribution in [0.5, 0.6) is 0 Å². The summed E-state index contributed by atoms with van der Waals surface area (Å²) in [4.78, 5) is 8.00. The second-order valence-corrected chi connectivity index (χ2v) is 2.35. The molecule has 0 spiro atoms. The van der Waals surface area contributed by atoms with Crippen LogP contribution in [0.25, 0.3) is 5.95 Å². The Morgan fingerprint density at radius 1 is 1.38 bits per heavy atom. The number of aliphatic hydroxyl groups is 1. The molecule has 2 heterocycles. The highest BCUT2D eigenvalue weighted by atomic mass is 16.3. The molecule has 0 unspecified atom stereocenters. The van der Waals surface area contributed by atoms with Gasteiger partial charge in [0.25, 0.3) is 5.95 Å². The van der Waals surface area contributed by atoms with Gasteiger partial charge in [0.2, 0.25) is 0 Å². The zero-order valence-electron chi connectivity index (χ0n) is 6.70. The molecular formula is C7H7N5O. The summed E-state index contributed by atoms with van der Waals surface area (Å²) in [5.74, 6) is 0.407. The molecule has 0 atom stereocenters.